The van der Waals surface area contributed by atoms with Crippen LogP contribution in [0.2, 0.25) is 0 Å². The molecule has 1 aliphatic rings. The highest BCUT2D eigenvalue weighted by Crippen LogP contribution is 2.28. The van der Waals surface area contributed by atoms with E-state index in [1.165, 1.54) is 4.31 Å². The summed E-state index contributed by atoms with van der Waals surface area (Å²) in [5, 5.41) is 1.48. The molecule has 1 aromatic heterocycles. The number of carbonyl (C=O) groups is 1. The van der Waals surface area contributed by atoms with Gasteiger partial charge in [-0.3, -0.25) is 4.79 Å². The number of aromatic nitrogens is 1. The summed E-state index contributed by atoms with van der Waals surface area (Å²) in [5.41, 5.74) is 2.19. The Morgan fingerprint density at radius 2 is 1.69 bits per heavy atom. The van der Waals surface area contributed by atoms with Gasteiger partial charge in [-0.05, 0) is 54.1 Å². The summed E-state index contributed by atoms with van der Waals surface area (Å²) in [4.78, 5) is 16.3. The van der Waals surface area contributed by atoms with Gasteiger partial charge in [0.15, 0.2) is 0 Å². The van der Waals surface area contributed by atoms with Crippen LogP contribution in [-0.4, -0.2) is 60.9 Å². The lowest BCUT2D eigenvalue weighted by Crippen LogP contribution is -2.48. The summed E-state index contributed by atoms with van der Waals surface area (Å²) in [5.74, 6) is -0.182. The van der Waals surface area contributed by atoms with Gasteiger partial charge in [-0.25, -0.2) is 8.42 Å². The Labute approximate surface area is 257 Å². The van der Waals surface area contributed by atoms with E-state index < -0.39 is 10.0 Å². The zero-order valence-corrected chi connectivity index (χ0v) is 26.4. The second kappa shape index (κ2) is 14.0. The maximum Gasteiger partial charge on any atom is 0.244 e. The summed E-state index contributed by atoms with van der Waals surface area (Å²) in [6.45, 7) is 1.17. The third-order valence-electron chi connectivity index (χ3n) is 8.08. The second-order valence-electron chi connectivity index (χ2n) is 10.9. The van der Waals surface area contributed by atoms with Crippen molar-refractivity contribution in [1.29, 1.82) is 0 Å². The van der Waals surface area contributed by atoms with E-state index in [1.54, 1.807) is 19.2 Å². The van der Waals surface area contributed by atoms with Gasteiger partial charge in [0, 0.05) is 48.0 Å². The van der Waals surface area contributed by atoms with Crippen molar-refractivity contribution in [2.75, 3.05) is 26.8 Å². The lowest BCUT2D eigenvalue weighted by atomic mass is 9.94. The Morgan fingerprint density at radius 3 is 2.45 bits per heavy atom. The fraction of sp³-hybridized carbons (Fsp3) is 0.364. The van der Waals surface area contributed by atoms with Gasteiger partial charge >= 0.3 is 0 Å². The van der Waals surface area contributed by atoms with E-state index in [9.17, 15) is 13.2 Å². The highest BCUT2D eigenvalue weighted by atomic mass is 79.9. The molecule has 0 aliphatic heterocycles. The first-order chi connectivity index (χ1) is 20.4. The Kier molecular flexibility index (Phi) is 10.2. The minimum absolute atomic E-state index is 0.0758. The van der Waals surface area contributed by atoms with Crippen LogP contribution in [0, 0.1) is 0 Å². The molecule has 0 saturated heterocycles. The molecule has 3 aromatic carbocycles. The molecule has 1 heterocycles. The van der Waals surface area contributed by atoms with Crippen LogP contribution >= 0.6 is 15.9 Å². The maximum atomic E-state index is 14.2. The van der Waals surface area contributed by atoms with Gasteiger partial charge in [-0.15, -0.1) is 0 Å². The molecule has 222 valence electrons. The molecular weight excluding hydrogens is 614 g/mol. The van der Waals surface area contributed by atoms with E-state index >= 15 is 0 Å². The van der Waals surface area contributed by atoms with Gasteiger partial charge < -0.3 is 14.2 Å². The number of hydrogen-bond acceptors (Lipinski definition) is 4. The van der Waals surface area contributed by atoms with Crippen LogP contribution in [0.5, 0.6) is 0 Å². The van der Waals surface area contributed by atoms with Crippen LogP contribution in [0.25, 0.3) is 10.8 Å². The SMILES string of the molecule is COCCN(CC(=O)N(Cc1cccn1Cc1ccc(Br)cc1)C1CCCCC1)S(=O)(=O)c1cccc2ccccc12. The van der Waals surface area contributed by atoms with Gasteiger partial charge in [0.25, 0.3) is 0 Å². The third-order valence-corrected chi connectivity index (χ3v) is 10.5. The summed E-state index contributed by atoms with van der Waals surface area (Å²) in [7, 11) is -2.44. The van der Waals surface area contributed by atoms with Crippen LogP contribution in [0.4, 0.5) is 0 Å². The lowest BCUT2D eigenvalue weighted by molar-refractivity contribution is -0.135. The molecule has 1 fully saturated rings. The number of ether oxygens (including phenoxy) is 1. The second-order valence-corrected chi connectivity index (χ2v) is 13.7. The van der Waals surface area contributed by atoms with E-state index in [2.05, 4.69) is 38.7 Å². The van der Waals surface area contributed by atoms with Crippen LogP contribution in [0.1, 0.15) is 43.4 Å². The molecule has 0 bridgehead atoms. The number of amides is 1. The Balaban J connectivity index is 1.42. The van der Waals surface area contributed by atoms with Crippen molar-refractivity contribution in [3.63, 3.8) is 0 Å². The first-order valence-corrected chi connectivity index (χ1v) is 16.7. The average Bonchev–Trinajstić information content (AvgIpc) is 3.45. The Bertz CT molecular complexity index is 1590. The third kappa shape index (κ3) is 7.14. The molecule has 5 rings (SSSR count). The Morgan fingerprint density at radius 1 is 0.952 bits per heavy atom. The summed E-state index contributed by atoms with van der Waals surface area (Å²) in [6, 6.07) is 25.1. The van der Waals surface area contributed by atoms with Crippen molar-refractivity contribution in [3.8, 4) is 0 Å². The predicted molar refractivity (Wildman–Crippen MR) is 170 cm³/mol. The summed E-state index contributed by atoms with van der Waals surface area (Å²) < 4.78 is 37.9. The molecule has 0 unspecified atom stereocenters. The average molecular weight is 653 g/mol. The van der Waals surface area contributed by atoms with Crippen molar-refractivity contribution in [3.05, 3.63) is 101 Å². The summed E-state index contributed by atoms with van der Waals surface area (Å²) in [6.07, 6.45) is 7.18. The standard InChI is InChI=1S/C33H38BrN3O4S/c1-41-22-21-36(42(39,40)32-15-7-10-27-9-5-6-14-31(27)32)25-33(38)37(29-11-3-2-4-12-29)24-30-13-8-20-35(30)23-26-16-18-28(34)19-17-26/h5-10,13-20,29H,2-4,11-12,21-25H2,1H3. The molecule has 4 aromatic rings. The minimum atomic E-state index is -3.98. The van der Waals surface area contributed by atoms with E-state index in [0.717, 1.165) is 53.2 Å². The monoisotopic (exact) mass is 651 g/mol. The van der Waals surface area contributed by atoms with Crippen molar-refractivity contribution < 1.29 is 17.9 Å². The first-order valence-electron chi connectivity index (χ1n) is 14.5. The van der Waals surface area contributed by atoms with Crippen LogP contribution in [-0.2, 0) is 32.6 Å². The van der Waals surface area contributed by atoms with Crippen LogP contribution in [0.3, 0.4) is 0 Å². The fourth-order valence-electron chi connectivity index (χ4n) is 5.80. The van der Waals surface area contributed by atoms with Gasteiger partial charge in [-0.1, -0.05) is 83.7 Å². The molecule has 7 nitrogen and oxygen atoms in total. The highest BCUT2D eigenvalue weighted by molar-refractivity contribution is 9.10. The molecule has 0 radical (unpaired) electrons. The van der Waals surface area contributed by atoms with E-state index in [-0.39, 0.29) is 36.5 Å². The van der Waals surface area contributed by atoms with Crippen molar-refractivity contribution in [1.82, 2.24) is 13.8 Å². The number of methoxy groups -OCH3 is 1. The molecule has 1 saturated carbocycles. The number of carbonyl (C=O) groups excluding carboxylic acids is 1. The topological polar surface area (TPSA) is 71.8 Å². The number of sulfonamides is 1. The van der Waals surface area contributed by atoms with Crippen LogP contribution in [0.15, 0.2) is 94.4 Å². The van der Waals surface area contributed by atoms with Gasteiger partial charge in [0.05, 0.1) is 24.6 Å². The van der Waals surface area contributed by atoms with Gasteiger partial charge in [-0.2, -0.15) is 4.31 Å². The van der Waals surface area contributed by atoms with Crippen LogP contribution < -0.4 is 0 Å². The molecule has 1 aliphatic carbocycles. The Hall–Kier alpha value is -2.98. The smallest absolute Gasteiger partial charge is 0.244 e. The number of halogens is 1. The molecular formula is C33H38BrN3O4S. The zero-order valence-electron chi connectivity index (χ0n) is 24.0. The van der Waals surface area contributed by atoms with E-state index in [4.69, 9.17) is 4.74 Å². The quantitative estimate of drug-likeness (QED) is 0.176. The fourth-order valence-corrected chi connectivity index (χ4v) is 7.65. The lowest BCUT2D eigenvalue weighted by Gasteiger charge is -2.36. The number of rotatable bonds is 12. The van der Waals surface area contributed by atoms with Gasteiger partial charge in [0.2, 0.25) is 15.9 Å². The zero-order chi connectivity index (χ0) is 29.5. The largest absolute Gasteiger partial charge is 0.383 e. The summed E-state index contributed by atoms with van der Waals surface area (Å²) >= 11 is 3.50. The molecule has 42 heavy (non-hydrogen) atoms. The predicted octanol–water partition coefficient (Wildman–Crippen LogP) is 6.45. The van der Waals surface area contributed by atoms with Crippen molar-refractivity contribution in [2.45, 2.75) is 56.1 Å². The van der Waals surface area contributed by atoms with Crippen molar-refractivity contribution >= 4 is 42.6 Å². The number of nitrogens with zero attached hydrogens (tertiary/aromatic N) is 3. The number of benzene rings is 3. The van der Waals surface area contributed by atoms with E-state index in [0.29, 0.717) is 18.5 Å². The number of hydrogen-bond donors (Lipinski definition) is 0. The molecule has 9 heteroatoms. The van der Waals surface area contributed by atoms with Gasteiger partial charge in [0.1, 0.15) is 0 Å². The molecule has 0 spiro atoms. The molecule has 1 amide bonds. The van der Waals surface area contributed by atoms with Crippen molar-refractivity contribution in [2.24, 2.45) is 0 Å². The van der Waals surface area contributed by atoms with E-state index in [1.807, 2.05) is 59.6 Å². The maximum absolute atomic E-state index is 14.2. The molecule has 0 N–H and O–H groups in total. The highest BCUT2D eigenvalue weighted by Gasteiger charge is 2.32. The normalized spacial score (nSPS) is 14.5. The molecule has 0 atom stereocenters. The minimum Gasteiger partial charge on any atom is -0.383 e. The first kappa shape index (κ1) is 30.5. The number of fused-ring (bicyclic) bond motifs is 1.